The molecule has 2 N–H and O–H groups in total. The lowest BCUT2D eigenvalue weighted by Gasteiger charge is -2.13. The van der Waals surface area contributed by atoms with Crippen LogP contribution in [0.3, 0.4) is 0 Å². The Kier molecular flexibility index (Phi) is 8.04. The Morgan fingerprint density at radius 2 is 1.88 bits per heavy atom. The Hall–Kier alpha value is -3.59. The first-order valence-corrected chi connectivity index (χ1v) is 10.9. The lowest BCUT2D eigenvalue weighted by molar-refractivity contribution is -0.115. The van der Waals surface area contributed by atoms with Crippen molar-refractivity contribution >= 4 is 29.3 Å². The summed E-state index contributed by atoms with van der Waals surface area (Å²) in [6, 6.07) is 16.1. The van der Waals surface area contributed by atoms with Crippen molar-refractivity contribution in [1.29, 1.82) is 0 Å². The third-order valence-corrected chi connectivity index (χ3v) is 5.64. The number of amides is 2. The van der Waals surface area contributed by atoms with Gasteiger partial charge in [0.2, 0.25) is 5.91 Å². The lowest BCUT2D eigenvalue weighted by Crippen LogP contribution is -2.25. The molecule has 2 aromatic carbocycles. The van der Waals surface area contributed by atoms with E-state index in [1.807, 2.05) is 34.9 Å². The van der Waals surface area contributed by atoms with Gasteiger partial charge in [-0.2, -0.15) is 0 Å². The van der Waals surface area contributed by atoms with Gasteiger partial charge in [0.15, 0.2) is 11.0 Å². The number of nitrogens with one attached hydrogen (secondary N) is 2. The van der Waals surface area contributed by atoms with Crippen LogP contribution in [0, 0.1) is 0 Å². The second-order valence-corrected chi connectivity index (χ2v) is 8.13. The first kappa shape index (κ1) is 23.1. The molecule has 8 nitrogen and oxygen atoms in total. The summed E-state index contributed by atoms with van der Waals surface area (Å²) in [4.78, 5) is 25.0. The molecule has 9 heteroatoms. The fourth-order valence-electron chi connectivity index (χ4n) is 2.83. The van der Waals surface area contributed by atoms with Crippen LogP contribution >= 0.6 is 11.8 Å². The van der Waals surface area contributed by atoms with E-state index in [4.69, 9.17) is 4.74 Å². The van der Waals surface area contributed by atoms with Crippen LogP contribution in [-0.4, -0.2) is 38.9 Å². The predicted octanol–water partition coefficient (Wildman–Crippen LogP) is 3.52. The molecular formula is C23H25N5O3S. The summed E-state index contributed by atoms with van der Waals surface area (Å²) in [6.07, 6.45) is 1.72. The number of ether oxygens (including phenoxy) is 1. The zero-order chi connectivity index (χ0) is 22.9. The van der Waals surface area contributed by atoms with Gasteiger partial charge in [-0.1, -0.05) is 36.0 Å². The summed E-state index contributed by atoms with van der Waals surface area (Å²) in [5.74, 6) is 0.888. The van der Waals surface area contributed by atoms with Gasteiger partial charge in [0.05, 0.1) is 18.9 Å². The lowest BCUT2D eigenvalue weighted by atomic mass is 10.2. The highest BCUT2D eigenvalue weighted by Gasteiger charge is 2.20. The highest BCUT2D eigenvalue weighted by Crippen LogP contribution is 2.24. The number of nitrogens with zero attached hydrogens (tertiary/aromatic N) is 3. The largest absolute Gasteiger partial charge is 0.497 e. The third-order valence-electron chi connectivity index (χ3n) is 4.56. The van der Waals surface area contributed by atoms with Crippen LogP contribution in [0.15, 0.2) is 72.4 Å². The van der Waals surface area contributed by atoms with E-state index in [9.17, 15) is 9.59 Å². The number of benzene rings is 2. The zero-order valence-electron chi connectivity index (χ0n) is 17.9. The van der Waals surface area contributed by atoms with Crippen molar-refractivity contribution in [3.05, 3.63) is 78.6 Å². The van der Waals surface area contributed by atoms with Crippen molar-refractivity contribution < 1.29 is 14.3 Å². The molecule has 0 radical (unpaired) electrons. The summed E-state index contributed by atoms with van der Waals surface area (Å²) < 4.78 is 6.94. The number of hydrogen-bond donors (Lipinski definition) is 2. The van der Waals surface area contributed by atoms with Gasteiger partial charge >= 0.3 is 0 Å². The topological polar surface area (TPSA) is 98.1 Å². The number of para-hydroxylation sites is 1. The molecule has 0 aliphatic carbocycles. The van der Waals surface area contributed by atoms with Crippen LogP contribution in [0.1, 0.15) is 23.1 Å². The maximum absolute atomic E-state index is 12.5. The van der Waals surface area contributed by atoms with Gasteiger partial charge in [-0.25, -0.2) is 0 Å². The van der Waals surface area contributed by atoms with E-state index >= 15 is 0 Å². The number of aromatic nitrogens is 3. The summed E-state index contributed by atoms with van der Waals surface area (Å²) in [5.41, 5.74) is 1.25. The standard InChI is InChI=1S/C23H25N5O3S/c1-4-14-28-20(15-24-22(30)17-10-12-19(31-3)13-11-17)26-27-23(28)32-16(2)21(29)25-18-8-6-5-7-9-18/h4-13,16H,1,14-15H2,2-3H3,(H,24,30)(H,25,29). The first-order valence-electron chi connectivity index (χ1n) is 9.99. The van der Waals surface area contributed by atoms with Gasteiger partial charge in [-0.05, 0) is 43.3 Å². The maximum atomic E-state index is 12.5. The van der Waals surface area contributed by atoms with Gasteiger partial charge in [0, 0.05) is 17.8 Å². The van der Waals surface area contributed by atoms with E-state index in [2.05, 4.69) is 27.4 Å². The Balaban J connectivity index is 1.64. The zero-order valence-corrected chi connectivity index (χ0v) is 18.8. The molecule has 3 rings (SSSR count). The van der Waals surface area contributed by atoms with Gasteiger partial charge in [-0.15, -0.1) is 16.8 Å². The van der Waals surface area contributed by atoms with Crippen molar-refractivity contribution in [2.45, 2.75) is 30.4 Å². The quantitative estimate of drug-likeness (QED) is 0.362. The van der Waals surface area contributed by atoms with E-state index in [0.717, 1.165) is 5.69 Å². The molecule has 0 aliphatic rings. The summed E-state index contributed by atoms with van der Waals surface area (Å²) in [6.45, 7) is 6.24. The molecule has 0 fully saturated rings. The van der Waals surface area contributed by atoms with Crippen LogP contribution < -0.4 is 15.4 Å². The molecule has 0 bridgehead atoms. The van der Waals surface area contributed by atoms with Crippen molar-refractivity contribution in [3.63, 3.8) is 0 Å². The number of hydrogen-bond acceptors (Lipinski definition) is 6. The molecule has 0 saturated heterocycles. The molecule has 0 aliphatic heterocycles. The highest BCUT2D eigenvalue weighted by atomic mass is 32.2. The number of anilines is 1. The Labute approximate surface area is 191 Å². The summed E-state index contributed by atoms with van der Waals surface area (Å²) in [7, 11) is 1.57. The molecule has 1 atom stereocenters. The first-order chi connectivity index (χ1) is 15.5. The van der Waals surface area contributed by atoms with Crippen LogP contribution in [0.25, 0.3) is 0 Å². The monoisotopic (exact) mass is 451 g/mol. The Bertz CT molecular complexity index is 1070. The van der Waals surface area contributed by atoms with Crippen LogP contribution in [0.4, 0.5) is 5.69 Å². The molecule has 0 spiro atoms. The molecule has 166 valence electrons. The Morgan fingerprint density at radius 3 is 2.53 bits per heavy atom. The predicted molar refractivity (Wildman–Crippen MR) is 125 cm³/mol. The van der Waals surface area contributed by atoms with Crippen LogP contribution in [0.2, 0.25) is 0 Å². The minimum atomic E-state index is -0.398. The van der Waals surface area contributed by atoms with Crippen molar-refractivity contribution in [3.8, 4) is 5.75 Å². The number of carbonyl (C=O) groups excluding carboxylic acids is 2. The second-order valence-electron chi connectivity index (χ2n) is 6.82. The van der Waals surface area contributed by atoms with Gasteiger partial charge in [0.1, 0.15) is 5.75 Å². The van der Waals surface area contributed by atoms with Gasteiger partial charge in [-0.3, -0.25) is 9.59 Å². The third kappa shape index (κ3) is 5.98. The van der Waals surface area contributed by atoms with E-state index in [1.54, 1.807) is 44.4 Å². The van der Waals surface area contributed by atoms with E-state index < -0.39 is 5.25 Å². The van der Waals surface area contributed by atoms with E-state index in [0.29, 0.717) is 28.8 Å². The van der Waals surface area contributed by atoms with E-state index in [-0.39, 0.29) is 18.4 Å². The summed E-state index contributed by atoms with van der Waals surface area (Å²) >= 11 is 1.30. The molecule has 2 amide bonds. The molecule has 1 heterocycles. The van der Waals surface area contributed by atoms with Gasteiger partial charge < -0.3 is 19.9 Å². The normalized spacial score (nSPS) is 11.4. The molecule has 32 heavy (non-hydrogen) atoms. The number of rotatable bonds is 10. The average Bonchev–Trinajstić information content (AvgIpc) is 3.19. The SMILES string of the molecule is C=CCn1c(CNC(=O)c2ccc(OC)cc2)nnc1SC(C)C(=O)Nc1ccccc1. The van der Waals surface area contributed by atoms with Crippen molar-refractivity contribution in [1.82, 2.24) is 20.1 Å². The van der Waals surface area contributed by atoms with Crippen molar-refractivity contribution in [2.75, 3.05) is 12.4 Å². The maximum Gasteiger partial charge on any atom is 0.251 e. The van der Waals surface area contributed by atoms with E-state index in [1.165, 1.54) is 11.8 Å². The molecule has 3 aromatic rings. The molecule has 1 unspecified atom stereocenters. The number of allylic oxidation sites excluding steroid dienone is 1. The minimum Gasteiger partial charge on any atom is -0.497 e. The number of carbonyl (C=O) groups is 2. The smallest absolute Gasteiger partial charge is 0.251 e. The molecule has 0 saturated carbocycles. The second kappa shape index (κ2) is 11.1. The molecular weight excluding hydrogens is 426 g/mol. The fraction of sp³-hybridized carbons (Fsp3) is 0.217. The van der Waals surface area contributed by atoms with Crippen LogP contribution in [0.5, 0.6) is 5.75 Å². The van der Waals surface area contributed by atoms with Gasteiger partial charge in [0.25, 0.3) is 5.91 Å². The van der Waals surface area contributed by atoms with Crippen molar-refractivity contribution in [2.24, 2.45) is 0 Å². The molecule has 1 aromatic heterocycles. The number of thioether (sulfide) groups is 1. The average molecular weight is 452 g/mol. The summed E-state index contributed by atoms with van der Waals surface area (Å²) in [5, 5.41) is 14.3. The Morgan fingerprint density at radius 1 is 1.16 bits per heavy atom. The number of methoxy groups -OCH3 is 1. The highest BCUT2D eigenvalue weighted by molar-refractivity contribution is 8.00. The van der Waals surface area contributed by atoms with Crippen LogP contribution in [-0.2, 0) is 17.9 Å². The minimum absolute atomic E-state index is 0.135. The fourth-order valence-corrected chi connectivity index (χ4v) is 3.71.